The maximum atomic E-state index is 10.7. The standard InChI is InChI=1S/C13H21NO3S/c1-3-11(2)12-5-7-13(8-6-12)17-9-4-10-18(14,15)16/h5-8,11H,3-4,9-10H2,1-2H3,(H2,14,15,16). The fraction of sp³-hybridized carbons (Fsp3) is 0.538. The molecule has 0 saturated carbocycles. The minimum Gasteiger partial charge on any atom is -0.494 e. The molecule has 0 aliphatic heterocycles. The lowest BCUT2D eigenvalue weighted by Crippen LogP contribution is -2.18. The van der Waals surface area contributed by atoms with Crippen molar-refractivity contribution in [2.75, 3.05) is 12.4 Å². The van der Waals surface area contributed by atoms with E-state index in [1.54, 1.807) is 0 Å². The summed E-state index contributed by atoms with van der Waals surface area (Å²) < 4.78 is 26.9. The van der Waals surface area contributed by atoms with Crippen LogP contribution in [0.2, 0.25) is 0 Å². The van der Waals surface area contributed by atoms with E-state index in [2.05, 4.69) is 13.8 Å². The lowest BCUT2D eigenvalue weighted by molar-refractivity contribution is 0.317. The summed E-state index contributed by atoms with van der Waals surface area (Å²) in [5.74, 6) is 1.26. The molecule has 1 aromatic rings. The van der Waals surface area contributed by atoms with E-state index in [9.17, 15) is 8.42 Å². The summed E-state index contributed by atoms with van der Waals surface area (Å²) in [5, 5.41) is 4.90. The average molecular weight is 271 g/mol. The van der Waals surface area contributed by atoms with E-state index >= 15 is 0 Å². The van der Waals surface area contributed by atoms with Gasteiger partial charge in [-0.15, -0.1) is 0 Å². The van der Waals surface area contributed by atoms with Crippen LogP contribution >= 0.6 is 0 Å². The first kappa shape index (κ1) is 15.0. The van der Waals surface area contributed by atoms with Gasteiger partial charge in [0.2, 0.25) is 10.0 Å². The molecular formula is C13H21NO3S. The molecule has 1 atom stereocenters. The number of hydrogen-bond donors (Lipinski definition) is 1. The number of primary sulfonamides is 1. The van der Waals surface area contributed by atoms with Crippen LogP contribution < -0.4 is 9.88 Å². The van der Waals surface area contributed by atoms with E-state index in [-0.39, 0.29) is 5.75 Å². The van der Waals surface area contributed by atoms with Crippen LogP contribution in [0.15, 0.2) is 24.3 Å². The highest BCUT2D eigenvalue weighted by Crippen LogP contribution is 2.21. The predicted octanol–water partition coefficient (Wildman–Crippen LogP) is 2.26. The number of sulfonamides is 1. The Balaban J connectivity index is 2.40. The zero-order valence-corrected chi connectivity index (χ0v) is 11.7. The minimum atomic E-state index is -3.38. The van der Waals surface area contributed by atoms with Crippen molar-refractivity contribution >= 4 is 10.0 Å². The SMILES string of the molecule is CCC(C)c1ccc(OCCCS(N)(=O)=O)cc1. The molecule has 0 amide bonds. The Morgan fingerprint density at radius 2 is 1.89 bits per heavy atom. The third-order valence-electron chi connectivity index (χ3n) is 2.90. The van der Waals surface area contributed by atoms with E-state index in [1.165, 1.54) is 5.56 Å². The van der Waals surface area contributed by atoms with Gasteiger partial charge in [0.15, 0.2) is 0 Å². The van der Waals surface area contributed by atoms with Gasteiger partial charge in [0.1, 0.15) is 5.75 Å². The van der Waals surface area contributed by atoms with Crippen molar-refractivity contribution in [1.82, 2.24) is 0 Å². The lowest BCUT2D eigenvalue weighted by Gasteiger charge is -2.10. The highest BCUT2D eigenvalue weighted by molar-refractivity contribution is 7.89. The van der Waals surface area contributed by atoms with E-state index < -0.39 is 10.0 Å². The zero-order chi connectivity index (χ0) is 13.6. The molecule has 0 heterocycles. The fourth-order valence-corrected chi connectivity index (χ4v) is 2.10. The van der Waals surface area contributed by atoms with E-state index in [0.717, 1.165) is 12.2 Å². The molecule has 102 valence electrons. The quantitative estimate of drug-likeness (QED) is 0.773. The molecule has 0 radical (unpaired) electrons. The van der Waals surface area contributed by atoms with Gasteiger partial charge in [-0.2, -0.15) is 0 Å². The molecule has 1 aromatic carbocycles. The smallest absolute Gasteiger partial charge is 0.209 e. The Bertz CT molecular complexity index is 454. The normalized spacial score (nSPS) is 13.3. The van der Waals surface area contributed by atoms with Gasteiger partial charge >= 0.3 is 0 Å². The molecule has 0 aliphatic carbocycles. The largest absolute Gasteiger partial charge is 0.494 e. The third-order valence-corrected chi connectivity index (χ3v) is 3.76. The molecular weight excluding hydrogens is 250 g/mol. The first-order valence-corrected chi connectivity index (χ1v) is 7.87. The maximum Gasteiger partial charge on any atom is 0.209 e. The minimum absolute atomic E-state index is 0.0437. The van der Waals surface area contributed by atoms with Crippen LogP contribution in [-0.4, -0.2) is 20.8 Å². The van der Waals surface area contributed by atoms with Crippen LogP contribution in [0.4, 0.5) is 0 Å². The van der Waals surface area contributed by atoms with Gasteiger partial charge in [-0.3, -0.25) is 0 Å². The summed E-state index contributed by atoms with van der Waals surface area (Å²) in [4.78, 5) is 0. The summed E-state index contributed by atoms with van der Waals surface area (Å²) in [7, 11) is -3.38. The Morgan fingerprint density at radius 3 is 2.39 bits per heavy atom. The first-order valence-electron chi connectivity index (χ1n) is 6.15. The van der Waals surface area contributed by atoms with Crippen molar-refractivity contribution in [1.29, 1.82) is 0 Å². The molecule has 0 saturated heterocycles. The van der Waals surface area contributed by atoms with Gasteiger partial charge in [-0.25, -0.2) is 13.6 Å². The molecule has 0 aromatic heterocycles. The van der Waals surface area contributed by atoms with Crippen molar-refractivity contribution in [2.24, 2.45) is 5.14 Å². The van der Waals surface area contributed by atoms with E-state index in [0.29, 0.717) is 18.9 Å². The van der Waals surface area contributed by atoms with Crippen molar-refractivity contribution in [3.05, 3.63) is 29.8 Å². The number of rotatable bonds is 7. The van der Waals surface area contributed by atoms with E-state index in [4.69, 9.17) is 9.88 Å². The molecule has 18 heavy (non-hydrogen) atoms. The topological polar surface area (TPSA) is 69.4 Å². The molecule has 0 fully saturated rings. The van der Waals surface area contributed by atoms with Crippen LogP contribution in [-0.2, 0) is 10.0 Å². The Hall–Kier alpha value is -1.07. The highest BCUT2D eigenvalue weighted by atomic mass is 32.2. The van der Waals surface area contributed by atoms with Gasteiger partial charge < -0.3 is 4.74 Å². The fourth-order valence-electron chi connectivity index (χ4n) is 1.58. The predicted molar refractivity (Wildman–Crippen MR) is 73.2 cm³/mol. The van der Waals surface area contributed by atoms with Crippen LogP contribution in [0.25, 0.3) is 0 Å². The summed E-state index contributed by atoms with van der Waals surface area (Å²) in [6.07, 6.45) is 1.51. The summed E-state index contributed by atoms with van der Waals surface area (Å²) in [6.45, 7) is 4.70. The van der Waals surface area contributed by atoms with E-state index in [1.807, 2.05) is 24.3 Å². The van der Waals surface area contributed by atoms with Gasteiger partial charge in [-0.1, -0.05) is 26.0 Å². The molecule has 1 unspecified atom stereocenters. The summed E-state index contributed by atoms with van der Waals surface area (Å²) >= 11 is 0. The molecule has 1 rings (SSSR count). The number of benzene rings is 1. The molecule has 2 N–H and O–H groups in total. The summed E-state index contributed by atoms with van der Waals surface area (Å²) in [6, 6.07) is 7.92. The molecule has 4 nitrogen and oxygen atoms in total. The first-order chi connectivity index (χ1) is 8.42. The van der Waals surface area contributed by atoms with Crippen LogP contribution in [0.5, 0.6) is 5.75 Å². The number of hydrogen-bond acceptors (Lipinski definition) is 3. The second-order valence-electron chi connectivity index (χ2n) is 4.45. The Kier molecular flexibility index (Phi) is 5.62. The molecule has 0 aliphatic rings. The van der Waals surface area contributed by atoms with Crippen LogP contribution in [0.1, 0.15) is 38.2 Å². The Labute approximate surface area is 109 Å². The van der Waals surface area contributed by atoms with Gasteiger partial charge in [0, 0.05) is 0 Å². The molecule has 0 bridgehead atoms. The zero-order valence-electron chi connectivity index (χ0n) is 10.9. The van der Waals surface area contributed by atoms with Gasteiger partial charge in [0.05, 0.1) is 12.4 Å². The summed E-state index contributed by atoms with van der Waals surface area (Å²) in [5.41, 5.74) is 1.29. The number of nitrogens with two attached hydrogens (primary N) is 1. The van der Waals surface area contributed by atoms with Crippen molar-refractivity contribution in [2.45, 2.75) is 32.6 Å². The van der Waals surface area contributed by atoms with Crippen LogP contribution in [0, 0.1) is 0 Å². The number of ether oxygens (including phenoxy) is 1. The van der Waals surface area contributed by atoms with Crippen LogP contribution in [0.3, 0.4) is 0 Å². The van der Waals surface area contributed by atoms with Crippen molar-refractivity contribution < 1.29 is 13.2 Å². The third kappa shape index (κ3) is 5.51. The highest BCUT2D eigenvalue weighted by Gasteiger charge is 2.04. The lowest BCUT2D eigenvalue weighted by atomic mass is 9.99. The van der Waals surface area contributed by atoms with Gasteiger partial charge in [-0.05, 0) is 36.5 Å². The van der Waals surface area contributed by atoms with Crippen molar-refractivity contribution in [3.8, 4) is 5.75 Å². The Morgan fingerprint density at radius 1 is 1.28 bits per heavy atom. The maximum absolute atomic E-state index is 10.7. The van der Waals surface area contributed by atoms with Crippen molar-refractivity contribution in [3.63, 3.8) is 0 Å². The van der Waals surface area contributed by atoms with Gasteiger partial charge in [0.25, 0.3) is 0 Å². The molecule has 0 spiro atoms. The second kappa shape index (κ2) is 6.75. The average Bonchev–Trinajstić information content (AvgIpc) is 2.33. The second-order valence-corrected chi connectivity index (χ2v) is 6.18. The monoisotopic (exact) mass is 271 g/mol. The molecule has 5 heteroatoms.